The van der Waals surface area contributed by atoms with Crippen molar-refractivity contribution >= 4 is 6.08 Å². The smallest absolute Gasteiger partial charge is 0.209 e. The first-order valence-corrected chi connectivity index (χ1v) is 5.98. The van der Waals surface area contributed by atoms with Crippen LogP contribution in [0.15, 0.2) is 23.1 Å². The van der Waals surface area contributed by atoms with E-state index < -0.39 is 0 Å². The minimum Gasteiger partial charge on any atom is -0.444 e. The van der Waals surface area contributed by atoms with Crippen LogP contribution < -0.4 is 5.32 Å². The predicted octanol–water partition coefficient (Wildman–Crippen LogP) is 1.59. The highest BCUT2D eigenvalue weighted by molar-refractivity contribution is 5.48. The van der Waals surface area contributed by atoms with Crippen molar-refractivity contribution in [3.05, 3.63) is 36.1 Å². The van der Waals surface area contributed by atoms with E-state index in [1.165, 1.54) is 0 Å². The monoisotopic (exact) mass is 233 g/mol. The average molecular weight is 233 g/mol. The molecule has 0 aliphatic carbocycles. The van der Waals surface area contributed by atoms with Crippen molar-refractivity contribution in [3.63, 3.8) is 0 Å². The SMILES string of the molecule is C=CC=Cc1nc(CN2CCNCC2)oc1C. The van der Waals surface area contributed by atoms with Crippen molar-refractivity contribution in [2.24, 2.45) is 0 Å². The Morgan fingerprint density at radius 1 is 1.47 bits per heavy atom. The predicted molar refractivity (Wildman–Crippen MR) is 68.6 cm³/mol. The lowest BCUT2D eigenvalue weighted by Crippen LogP contribution is -2.42. The van der Waals surface area contributed by atoms with Crippen LogP contribution in [0, 0.1) is 6.92 Å². The second kappa shape index (κ2) is 5.80. The van der Waals surface area contributed by atoms with E-state index in [1.807, 2.05) is 19.1 Å². The Labute approximate surface area is 102 Å². The molecule has 2 heterocycles. The molecule has 0 radical (unpaired) electrons. The number of nitrogens with one attached hydrogen (secondary N) is 1. The van der Waals surface area contributed by atoms with Gasteiger partial charge in [0, 0.05) is 26.2 Å². The first kappa shape index (κ1) is 12.1. The zero-order valence-electron chi connectivity index (χ0n) is 10.3. The quantitative estimate of drug-likeness (QED) is 0.802. The first-order valence-electron chi connectivity index (χ1n) is 5.98. The number of aryl methyl sites for hydroxylation is 1. The lowest BCUT2D eigenvalue weighted by atomic mass is 10.3. The second-order valence-corrected chi connectivity index (χ2v) is 4.17. The van der Waals surface area contributed by atoms with E-state index in [0.29, 0.717) is 0 Å². The molecule has 4 nitrogen and oxygen atoms in total. The molecule has 92 valence electrons. The largest absolute Gasteiger partial charge is 0.444 e. The molecule has 1 aromatic heterocycles. The maximum absolute atomic E-state index is 5.66. The molecule has 1 aromatic rings. The highest BCUT2D eigenvalue weighted by Crippen LogP contribution is 2.13. The van der Waals surface area contributed by atoms with Crippen LogP contribution in [0.2, 0.25) is 0 Å². The summed E-state index contributed by atoms with van der Waals surface area (Å²) in [7, 11) is 0. The van der Waals surface area contributed by atoms with Gasteiger partial charge < -0.3 is 9.73 Å². The van der Waals surface area contributed by atoms with E-state index in [9.17, 15) is 0 Å². The Kier molecular flexibility index (Phi) is 4.12. The Balaban J connectivity index is 2.01. The Morgan fingerprint density at radius 3 is 2.94 bits per heavy atom. The molecule has 0 bridgehead atoms. The molecule has 0 aromatic carbocycles. The zero-order valence-corrected chi connectivity index (χ0v) is 10.3. The molecule has 4 heteroatoms. The van der Waals surface area contributed by atoms with E-state index in [-0.39, 0.29) is 0 Å². The molecular formula is C13H19N3O. The van der Waals surface area contributed by atoms with E-state index in [2.05, 4.69) is 21.8 Å². The van der Waals surface area contributed by atoms with Gasteiger partial charge in [-0.2, -0.15) is 0 Å². The molecular weight excluding hydrogens is 214 g/mol. The van der Waals surface area contributed by atoms with Crippen LogP contribution in [-0.2, 0) is 6.54 Å². The molecule has 1 N–H and O–H groups in total. The minimum absolute atomic E-state index is 0.796. The van der Waals surface area contributed by atoms with E-state index >= 15 is 0 Å². The van der Waals surface area contributed by atoms with Crippen molar-refractivity contribution in [1.82, 2.24) is 15.2 Å². The molecule has 1 fully saturated rings. The fraction of sp³-hybridized carbons (Fsp3) is 0.462. The average Bonchev–Trinajstić information content (AvgIpc) is 2.68. The highest BCUT2D eigenvalue weighted by Gasteiger charge is 2.14. The van der Waals surface area contributed by atoms with Gasteiger partial charge in [0.1, 0.15) is 11.5 Å². The van der Waals surface area contributed by atoms with Crippen molar-refractivity contribution in [2.45, 2.75) is 13.5 Å². The van der Waals surface area contributed by atoms with Crippen molar-refractivity contribution in [2.75, 3.05) is 26.2 Å². The maximum Gasteiger partial charge on any atom is 0.209 e. The molecule has 0 unspecified atom stereocenters. The number of piperazine rings is 1. The van der Waals surface area contributed by atoms with Crippen LogP contribution in [0.3, 0.4) is 0 Å². The number of hydrogen-bond donors (Lipinski definition) is 1. The van der Waals surface area contributed by atoms with Gasteiger partial charge in [-0.1, -0.05) is 18.7 Å². The fourth-order valence-electron chi connectivity index (χ4n) is 1.91. The molecule has 17 heavy (non-hydrogen) atoms. The van der Waals surface area contributed by atoms with Crippen LogP contribution in [-0.4, -0.2) is 36.1 Å². The second-order valence-electron chi connectivity index (χ2n) is 4.17. The van der Waals surface area contributed by atoms with Gasteiger partial charge in [0.2, 0.25) is 5.89 Å². The van der Waals surface area contributed by atoms with Gasteiger partial charge in [0.25, 0.3) is 0 Å². The highest BCUT2D eigenvalue weighted by atomic mass is 16.4. The van der Waals surface area contributed by atoms with Gasteiger partial charge in [-0.05, 0) is 13.0 Å². The van der Waals surface area contributed by atoms with Crippen LogP contribution >= 0.6 is 0 Å². The number of rotatable bonds is 4. The van der Waals surface area contributed by atoms with E-state index in [0.717, 1.165) is 50.1 Å². The number of allylic oxidation sites excluding steroid dienone is 2. The summed E-state index contributed by atoms with van der Waals surface area (Å²) in [5, 5.41) is 3.33. The van der Waals surface area contributed by atoms with Gasteiger partial charge in [0.15, 0.2) is 0 Å². The van der Waals surface area contributed by atoms with Gasteiger partial charge >= 0.3 is 0 Å². The molecule has 0 saturated carbocycles. The summed E-state index contributed by atoms with van der Waals surface area (Å²) < 4.78 is 5.66. The number of hydrogen-bond acceptors (Lipinski definition) is 4. The third-order valence-corrected chi connectivity index (χ3v) is 2.84. The fourth-order valence-corrected chi connectivity index (χ4v) is 1.91. The molecule has 0 atom stereocenters. The number of oxazole rings is 1. The summed E-state index contributed by atoms with van der Waals surface area (Å²) in [5.74, 6) is 1.67. The van der Waals surface area contributed by atoms with Gasteiger partial charge in [-0.15, -0.1) is 0 Å². The van der Waals surface area contributed by atoms with Gasteiger partial charge in [-0.25, -0.2) is 4.98 Å². The third-order valence-electron chi connectivity index (χ3n) is 2.84. The third kappa shape index (κ3) is 3.28. The summed E-state index contributed by atoms with van der Waals surface area (Å²) in [6, 6.07) is 0. The van der Waals surface area contributed by atoms with Crippen LogP contribution in [0.5, 0.6) is 0 Å². The summed E-state index contributed by atoms with van der Waals surface area (Å²) >= 11 is 0. The lowest BCUT2D eigenvalue weighted by Gasteiger charge is -2.25. The topological polar surface area (TPSA) is 41.3 Å². The normalized spacial score (nSPS) is 17.7. The Bertz CT molecular complexity index is 403. The van der Waals surface area contributed by atoms with Crippen LogP contribution in [0.25, 0.3) is 6.08 Å². The molecule has 1 saturated heterocycles. The molecule has 1 aliphatic heterocycles. The van der Waals surface area contributed by atoms with Gasteiger partial charge in [-0.3, -0.25) is 4.90 Å². The Hall–Kier alpha value is -1.39. The minimum atomic E-state index is 0.796. The molecule has 0 amide bonds. The van der Waals surface area contributed by atoms with E-state index in [1.54, 1.807) is 6.08 Å². The molecule has 2 rings (SSSR count). The standard InChI is InChI=1S/C13H19N3O/c1-3-4-5-12-11(2)17-13(15-12)10-16-8-6-14-7-9-16/h3-5,14H,1,6-10H2,2H3. The summed E-state index contributed by atoms with van der Waals surface area (Å²) in [6.07, 6.45) is 5.54. The van der Waals surface area contributed by atoms with Crippen molar-refractivity contribution < 1.29 is 4.42 Å². The Morgan fingerprint density at radius 2 is 2.24 bits per heavy atom. The molecule has 1 aliphatic rings. The first-order chi connectivity index (χ1) is 8.29. The lowest BCUT2D eigenvalue weighted by molar-refractivity contribution is 0.211. The van der Waals surface area contributed by atoms with Crippen LogP contribution in [0.1, 0.15) is 17.3 Å². The van der Waals surface area contributed by atoms with E-state index in [4.69, 9.17) is 4.42 Å². The number of nitrogens with zero attached hydrogens (tertiary/aromatic N) is 2. The summed E-state index contributed by atoms with van der Waals surface area (Å²) in [4.78, 5) is 6.83. The summed E-state index contributed by atoms with van der Waals surface area (Å²) in [6.45, 7) is 10.6. The summed E-state index contributed by atoms with van der Waals surface area (Å²) in [5.41, 5.74) is 0.898. The maximum atomic E-state index is 5.66. The molecule has 0 spiro atoms. The van der Waals surface area contributed by atoms with Crippen molar-refractivity contribution in [1.29, 1.82) is 0 Å². The van der Waals surface area contributed by atoms with Crippen molar-refractivity contribution in [3.8, 4) is 0 Å². The van der Waals surface area contributed by atoms with Crippen LogP contribution in [0.4, 0.5) is 0 Å². The van der Waals surface area contributed by atoms with Gasteiger partial charge in [0.05, 0.1) is 6.54 Å². The zero-order chi connectivity index (χ0) is 12.1. The number of aromatic nitrogens is 1.